The first-order valence-electron chi connectivity index (χ1n) is 6.20. The Morgan fingerprint density at radius 1 is 1.37 bits per heavy atom. The van der Waals surface area contributed by atoms with Gasteiger partial charge in [-0.2, -0.15) is 0 Å². The Labute approximate surface area is 117 Å². The maximum Gasteiger partial charge on any atom is 0.181 e. The van der Waals surface area contributed by atoms with Crippen LogP contribution in [-0.4, -0.2) is 50.3 Å². The van der Waals surface area contributed by atoms with Crippen LogP contribution in [0, 0.1) is 13.8 Å². The second-order valence-electron chi connectivity index (χ2n) is 5.57. The van der Waals surface area contributed by atoms with E-state index in [4.69, 9.17) is 9.47 Å². The van der Waals surface area contributed by atoms with Gasteiger partial charge in [0.15, 0.2) is 17.6 Å². The number of carboxylic acids is 1. The molecule has 6 heteroatoms. The zero-order valence-corrected chi connectivity index (χ0v) is 12.5. The number of ether oxygens (including phenoxy) is 2. The van der Waals surface area contributed by atoms with E-state index >= 15 is 0 Å². The van der Waals surface area contributed by atoms with Crippen molar-refractivity contribution in [1.29, 1.82) is 0 Å². The van der Waals surface area contributed by atoms with Crippen LogP contribution in [0.25, 0.3) is 0 Å². The Morgan fingerprint density at radius 3 is 2.63 bits per heavy atom. The minimum atomic E-state index is -1.05. The van der Waals surface area contributed by atoms with Gasteiger partial charge in [-0.3, -0.25) is 0 Å². The fraction of sp³-hybridized carbons (Fsp3) is 0.615. The molecule has 1 aliphatic heterocycles. The zero-order chi connectivity index (χ0) is 14.2. The lowest BCUT2D eigenvalue weighted by molar-refractivity contribution is -0.887. The molecule has 0 spiro atoms. The van der Waals surface area contributed by atoms with Crippen LogP contribution in [0.5, 0.6) is 11.5 Å². The molecule has 0 N–H and O–H groups in total. The maximum absolute atomic E-state index is 10.7. The number of aryl methyl sites for hydroxylation is 2. The predicted molar refractivity (Wildman–Crippen MR) is 70.6 cm³/mol. The third-order valence-corrected chi connectivity index (χ3v) is 4.09. The minimum absolute atomic E-state index is 0.0334. The summed E-state index contributed by atoms with van der Waals surface area (Å²) in [6.45, 7) is 5.01. The second-order valence-corrected chi connectivity index (χ2v) is 7.00. The monoisotopic (exact) mass is 285 g/mol. The summed E-state index contributed by atoms with van der Waals surface area (Å²) in [6, 6.07) is 0. The standard InChI is InChI=1S/C13H19NO4S/c1-8-12-13(9(2)19-8)18-10(7-17-12)5-14(3,4)6-11(15)16/h10H,5-7H2,1-4H3. The molecule has 19 heavy (non-hydrogen) atoms. The molecule has 0 bridgehead atoms. The van der Waals surface area contributed by atoms with Crippen LogP contribution in [0.2, 0.25) is 0 Å². The molecule has 1 aromatic heterocycles. The van der Waals surface area contributed by atoms with E-state index in [1.807, 2.05) is 27.9 Å². The van der Waals surface area contributed by atoms with Gasteiger partial charge in [0.2, 0.25) is 0 Å². The highest BCUT2D eigenvalue weighted by atomic mass is 32.1. The molecule has 5 nitrogen and oxygen atoms in total. The molecule has 106 valence electrons. The lowest BCUT2D eigenvalue weighted by Gasteiger charge is -2.35. The summed E-state index contributed by atoms with van der Waals surface area (Å²) in [4.78, 5) is 12.9. The number of nitrogens with zero attached hydrogens (tertiary/aromatic N) is 1. The highest BCUT2D eigenvalue weighted by Crippen LogP contribution is 2.43. The van der Waals surface area contributed by atoms with Crippen molar-refractivity contribution in [3.63, 3.8) is 0 Å². The number of likely N-dealkylation sites (N-methyl/N-ethyl adjacent to an activating group) is 1. The fourth-order valence-corrected chi connectivity index (χ4v) is 3.32. The van der Waals surface area contributed by atoms with E-state index in [9.17, 15) is 9.90 Å². The second kappa shape index (κ2) is 5.02. The van der Waals surface area contributed by atoms with Gasteiger partial charge >= 0.3 is 0 Å². The molecule has 1 aliphatic rings. The smallest absolute Gasteiger partial charge is 0.181 e. The van der Waals surface area contributed by atoms with Gasteiger partial charge in [0.05, 0.1) is 20.1 Å². The summed E-state index contributed by atoms with van der Waals surface area (Å²) >= 11 is 1.66. The van der Waals surface area contributed by atoms with Crippen LogP contribution in [0.1, 0.15) is 9.75 Å². The molecule has 2 rings (SSSR count). The van der Waals surface area contributed by atoms with E-state index in [1.165, 1.54) is 0 Å². The summed E-state index contributed by atoms with van der Waals surface area (Å²) in [5.41, 5.74) is 0. The summed E-state index contributed by atoms with van der Waals surface area (Å²) in [5, 5.41) is 10.7. The third-order valence-electron chi connectivity index (χ3n) is 3.11. The highest BCUT2D eigenvalue weighted by molar-refractivity contribution is 7.12. The van der Waals surface area contributed by atoms with Crippen LogP contribution >= 0.6 is 11.3 Å². The van der Waals surface area contributed by atoms with Crippen molar-refractivity contribution in [2.45, 2.75) is 20.0 Å². The van der Waals surface area contributed by atoms with Gasteiger partial charge < -0.3 is 23.9 Å². The van der Waals surface area contributed by atoms with E-state index in [0.29, 0.717) is 17.6 Å². The van der Waals surface area contributed by atoms with Gasteiger partial charge in [-0.15, -0.1) is 11.3 Å². The average Bonchev–Trinajstić information content (AvgIpc) is 2.51. The van der Waals surface area contributed by atoms with E-state index in [0.717, 1.165) is 21.3 Å². The van der Waals surface area contributed by atoms with Crippen LogP contribution in [0.4, 0.5) is 0 Å². The summed E-state index contributed by atoms with van der Waals surface area (Å²) in [5.74, 6) is 0.598. The summed E-state index contributed by atoms with van der Waals surface area (Å²) < 4.78 is 12.0. The number of fused-ring (bicyclic) bond motifs is 1. The van der Waals surface area contributed by atoms with E-state index in [1.54, 1.807) is 11.3 Å². The number of carboxylic acid groups (broad SMARTS) is 1. The number of quaternary nitrogens is 1. The summed E-state index contributed by atoms with van der Waals surface area (Å²) in [7, 11) is 3.70. The number of aliphatic carboxylic acids is 1. The van der Waals surface area contributed by atoms with Crippen molar-refractivity contribution in [1.82, 2.24) is 0 Å². The number of hydrogen-bond donors (Lipinski definition) is 0. The molecule has 0 saturated carbocycles. The molecule has 0 aliphatic carbocycles. The SMILES string of the molecule is Cc1sc(C)c2c1OCC(C[N+](C)(C)CC(=O)[O-])O2. The van der Waals surface area contributed by atoms with Crippen LogP contribution in [0.15, 0.2) is 0 Å². The Balaban J connectivity index is 2.06. The quantitative estimate of drug-likeness (QED) is 0.748. The Kier molecular flexibility index (Phi) is 3.73. The van der Waals surface area contributed by atoms with E-state index in [2.05, 4.69) is 0 Å². The molecule has 0 amide bonds. The molecule has 0 fully saturated rings. The maximum atomic E-state index is 10.7. The normalized spacial score (nSPS) is 18.4. The topological polar surface area (TPSA) is 58.6 Å². The number of carbonyl (C=O) groups is 1. The van der Waals surface area contributed by atoms with Gasteiger partial charge in [-0.1, -0.05) is 0 Å². The van der Waals surface area contributed by atoms with E-state index in [-0.39, 0.29) is 12.6 Å². The molecular weight excluding hydrogens is 266 g/mol. The zero-order valence-electron chi connectivity index (χ0n) is 11.7. The Hall–Kier alpha value is -1.27. The van der Waals surface area contributed by atoms with Gasteiger partial charge in [0.25, 0.3) is 0 Å². The molecule has 0 radical (unpaired) electrons. The first kappa shape index (κ1) is 14.1. The van der Waals surface area contributed by atoms with Crippen LogP contribution < -0.4 is 14.6 Å². The molecule has 1 unspecified atom stereocenters. The minimum Gasteiger partial charge on any atom is -0.544 e. The molecular formula is C13H19NO4S. The molecule has 2 heterocycles. The van der Waals surface area contributed by atoms with Gasteiger partial charge in [-0.25, -0.2) is 0 Å². The van der Waals surface area contributed by atoms with Gasteiger partial charge in [-0.05, 0) is 13.8 Å². The first-order chi connectivity index (χ1) is 8.78. The van der Waals surface area contributed by atoms with Crippen molar-refractivity contribution in [2.24, 2.45) is 0 Å². The predicted octanol–water partition coefficient (Wildman–Crippen LogP) is 0.331. The molecule has 1 aromatic rings. The van der Waals surface area contributed by atoms with Crippen molar-refractivity contribution in [2.75, 3.05) is 33.8 Å². The van der Waals surface area contributed by atoms with Crippen molar-refractivity contribution in [3.05, 3.63) is 9.75 Å². The fourth-order valence-electron chi connectivity index (χ4n) is 2.38. The van der Waals surface area contributed by atoms with Gasteiger partial charge in [0, 0.05) is 9.75 Å². The molecule has 0 saturated heterocycles. The number of hydrogen-bond acceptors (Lipinski definition) is 5. The Morgan fingerprint density at radius 2 is 2.00 bits per heavy atom. The summed E-state index contributed by atoms with van der Waals surface area (Å²) in [6.07, 6.45) is -0.130. The van der Waals surface area contributed by atoms with Crippen molar-refractivity contribution in [3.8, 4) is 11.5 Å². The molecule has 0 aromatic carbocycles. The first-order valence-corrected chi connectivity index (χ1v) is 7.01. The lowest BCUT2D eigenvalue weighted by Crippen LogP contribution is -2.54. The molecule has 1 atom stereocenters. The number of rotatable bonds is 4. The van der Waals surface area contributed by atoms with Crippen molar-refractivity contribution >= 4 is 17.3 Å². The Bertz CT molecular complexity index is 495. The van der Waals surface area contributed by atoms with E-state index < -0.39 is 5.97 Å². The van der Waals surface area contributed by atoms with Crippen molar-refractivity contribution < 1.29 is 23.9 Å². The number of thiophene rings is 1. The van der Waals surface area contributed by atoms with Gasteiger partial charge in [0.1, 0.15) is 19.7 Å². The highest BCUT2D eigenvalue weighted by Gasteiger charge is 2.31. The van der Waals surface area contributed by atoms with Crippen LogP contribution in [-0.2, 0) is 4.79 Å². The van der Waals surface area contributed by atoms with Crippen LogP contribution in [0.3, 0.4) is 0 Å². The average molecular weight is 285 g/mol. The number of carbonyl (C=O) groups excluding carboxylic acids is 1. The lowest BCUT2D eigenvalue weighted by atomic mass is 10.2. The third kappa shape index (κ3) is 3.19. The largest absolute Gasteiger partial charge is 0.544 e.